The zero-order chi connectivity index (χ0) is 20.2. The van der Waals surface area contributed by atoms with E-state index < -0.39 is 0 Å². The molecule has 3 amide bonds. The highest BCUT2D eigenvalue weighted by Gasteiger charge is 2.26. The number of amides is 3. The maximum Gasteiger partial charge on any atom is 0.321 e. The molecule has 1 aromatic heterocycles. The van der Waals surface area contributed by atoms with Gasteiger partial charge in [0.05, 0.1) is 17.0 Å². The molecule has 1 aromatic carbocycles. The van der Waals surface area contributed by atoms with E-state index in [4.69, 9.17) is 16.0 Å². The Kier molecular flexibility index (Phi) is 5.94. The lowest BCUT2D eigenvalue weighted by atomic mass is 10.1. The number of anilines is 2. The van der Waals surface area contributed by atoms with E-state index in [1.54, 1.807) is 28.0 Å². The molecule has 154 valence electrons. The third-order valence-corrected chi connectivity index (χ3v) is 5.78. The van der Waals surface area contributed by atoms with Gasteiger partial charge < -0.3 is 24.4 Å². The quantitative estimate of drug-likeness (QED) is 0.823. The molecule has 0 radical (unpaired) electrons. The van der Waals surface area contributed by atoms with Gasteiger partial charge in [-0.25, -0.2) is 4.79 Å². The van der Waals surface area contributed by atoms with Gasteiger partial charge in [0.1, 0.15) is 0 Å². The van der Waals surface area contributed by atoms with Gasteiger partial charge in [0.25, 0.3) is 5.91 Å². The summed E-state index contributed by atoms with van der Waals surface area (Å²) in [6.45, 7) is 3.93. The van der Waals surface area contributed by atoms with Crippen LogP contribution in [0.4, 0.5) is 16.2 Å². The molecule has 0 unspecified atom stereocenters. The molecule has 2 fully saturated rings. The van der Waals surface area contributed by atoms with Crippen molar-refractivity contribution in [3.05, 3.63) is 47.4 Å². The van der Waals surface area contributed by atoms with Crippen LogP contribution in [-0.4, -0.2) is 61.0 Å². The summed E-state index contributed by atoms with van der Waals surface area (Å²) in [7, 11) is 0. The number of hydrogen-bond acceptors (Lipinski definition) is 4. The molecule has 2 saturated heterocycles. The van der Waals surface area contributed by atoms with Crippen LogP contribution in [0.25, 0.3) is 0 Å². The highest BCUT2D eigenvalue weighted by molar-refractivity contribution is 6.33. The monoisotopic (exact) mass is 416 g/mol. The largest absolute Gasteiger partial charge is 0.459 e. The number of piperidine rings is 1. The van der Waals surface area contributed by atoms with Crippen LogP contribution in [-0.2, 0) is 0 Å². The van der Waals surface area contributed by atoms with E-state index >= 15 is 0 Å². The molecule has 2 aliphatic heterocycles. The van der Waals surface area contributed by atoms with Gasteiger partial charge in [-0.3, -0.25) is 4.79 Å². The maximum atomic E-state index is 12.6. The first-order valence-corrected chi connectivity index (χ1v) is 10.4. The molecule has 29 heavy (non-hydrogen) atoms. The number of urea groups is 1. The van der Waals surface area contributed by atoms with Crippen molar-refractivity contribution in [2.24, 2.45) is 0 Å². The molecule has 7 nitrogen and oxygen atoms in total. The molecule has 0 atom stereocenters. The Morgan fingerprint density at radius 1 is 0.931 bits per heavy atom. The molecule has 2 aliphatic rings. The number of nitrogens with zero attached hydrogens (tertiary/aromatic N) is 3. The number of hydrogen-bond donors (Lipinski definition) is 1. The second kappa shape index (κ2) is 8.78. The van der Waals surface area contributed by atoms with Crippen LogP contribution in [0.15, 0.2) is 41.0 Å². The molecule has 0 aliphatic carbocycles. The number of halogens is 1. The fourth-order valence-corrected chi connectivity index (χ4v) is 4.15. The van der Waals surface area contributed by atoms with E-state index in [2.05, 4.69) is 10.2 Å². The summed E-state index contributed by atoms with van der Waals surface area (Å²) in [4.78, 5) is 30.6. The molecule has 1 N–H and O–H groups in total. The number of piperazine rings is 1. The predicted octanol–water partition coefficient (Wildman–Crippen LogP) is 3.91. The minimum absolute atomic E-state index is 0.143. The highest BCUT2D eigenvalue weighted by Crippen LogP contribution is 2.31. The number of nitrogens with one attached hydrogen (secondary N) is 1. The van der Waals surface area contributed by atoms with Crippen LogP contribution in [0.2, 0.25) is 5.02 Å². The standard InChI is InChI=1S/C21H25ClN4O3/c22-17-15-16(6-7-18(17)24-8-2-1-3-9-24)23-21(28)26-12-10-25(11-13-26)20(27)19-5-4-14-29-19/h4-7,14-15H,1-3,8-13H2,(H,23,28). The van der Waals surface area contributed by atoms with Crippen molar-refractivity contribution in [1.82, 2.24) is 9.80 Å². The van der Waals surface area contributed by atoms with Crippen molar-refractivity contribution in [1.29, 1.82) is 0 Å². The Balaban J connectivity index is 1.32. The SMILES string of the molecule is O=C(Nc1ccc(N2CCCCC2)c(Cl)c1)N1CCN(C(=O)c2ccco2)CC1. The summed E-state index contributed by atoms with van der Waals surface area (Å²) in [6.07, 6.45) is 5.12. The average Bonchev–Trinajstić information content (AvgIpc) is 3.29. The lowest BCUT2D eigenvalue weighted by molar-refractivity contribution is 0.0640. The Labute approximate surface area is 175 Å². The van der Waals surface area contributed by atoms with Crippen LogP contribution in [0.5, 0.6) is 0 Å². The minimum atomic E-state index is -0.183. The Hall–Kier alpha value is -2.67. The third-order valence-electron chi connectivity index (χ3n) is 5.48. The first kappa shape index (κ1) is 19.6. The molecule has 3 heterocycles. The Morgan fingerprint density at radius 3 is 2.31 bits per heavy atom. The van der Waals surface area contributed by atoms with Crippen LogP contribution >= 0.6 is 11.6 Å². The van der Waals surface area contributed by atoms with Crippen LogP contribution in [0, 0.1) is 0 Å². The van der Waals surface area contributed by atoms with Gasteiger partial charge in [0.2, 0.25) is 0 Å². The van der Waals surface area contributed by atoms with E-state index in [0.717, 1.165) is 18.8 Å². The maximum absolute atomic E-state index is 12.6. The second-order valence-electron chi connectivity index (χ2n) is 7.40. The lowest BCUT2D eigenvalue weighted by Crippen LogP contribution is -2.51. The number of rotatable bonds is 3. The number of benzene rings is 1. The van der Waals surface area contributed by atoms with Crippen LogP contribution < -0.4 is 10.2 Å². The zero-order valence-electron chi connectivity index (χ0n) is 16.3. The van der Waals surface area contributed by atoms with Gasteiger partial charge in [-0.1, -0.05) is 11.6 Å². The van der Waals surface area contributed by atoms with Crippen LogP contribution in [0.3, 0.4) is 0 Å². The van der Waals surface area contributed by atoms with Gasteiger partial charge in [-0.15, -0.1) is 0 Å². The smallest absolute Gasteiger partial charge is 0.321 e. The fraction of sp³-hybridized carbons (Fsp3) is 0.429. The second-order valence-corrected chi connectivity index (χ2v) is 7.81. The van der Waals surface area contributed by atoms with Crippen molar-refractivity contribution in [3.8, 4) is 0 Å². The van der Waals surface area contributed by atoms with E-state index in [0.29, 0.717) is 42.6 Å². The summed E-state index contributed by atoms with van der Waals surface area (Å²) < 4.78 is 5.17. The van der Waals surface area contributed by atoms with Crippen molar-refractivity contribution in [2.45, 2.75) is 19.3 Å². The molecule has 2 aromatic rings. The Morgan fingerprint density at radius 2 is 1.66 bits per heavy atom. The summed E-state index contributed by atoms with van der Waals surface area (Å²) in [5, 5.41) is 3.57. The molecular formula is C21H25ClN4O3. The van der Waals surface area contributed by atoms with E-state index in [9.17, 15) is 9.59 Å². The molecular weight excluding hydrogens is 392 g/mol. The van der Waals surface area contributed by atoms with Gasteiger partial charge in [-0.05, 0) is 49.6 Å². The summed E-state index contributed by atoms with van der Waals surface area (Å²) in [5.41, 5.74) is 1.70. The number of furan rings is 1. The fourth-order valence-electron chi connectivity index (χ4n) is 3.85. The predicted molar refractivity (Wildman–Crippen MR) is 113 cm³/mol. The van der Waals surface area contributed by atoms with E-state index in [1.165, 1.54) is 25.5 Å². The van der Waals surface area contributed by atoms with E-state index in [-0.39, 0.29) is 11.9 Å². The van der Waals surface area contributed by atoms with Crippen LogP contribution in [0.1, 0.15) is 29.8 Å². The van der Waals surface area contributed by atoms with Gasteiger partial charge in [0.15, 0.2) is 5.76 Å². The first-order chi connectivity index (χ1) is 14.1. The summed E-state index contributed by atoms with van der Waals surface area (Å²) in [6, 6.07) is 8.84. The number of carbonyl (C=O) groups is 2. The van der Waals surface area contributed by atoms with Gasteiger partial charge in [-0.2, -0.15) is 0 Å². The summed E-state index contributed by atoms with van der Waals surface area (Å²) in [5.74, 6) is 0.182. The minimum Gasteiger partial charge on any atom is -0.459 e. The topological polar surface area (TPSA) is 69.0 Å². The van der Waals surface area contributed by atoms with E-state index in [1.807, 2.05) is 12.1 Å². The molecule has 0 spiro atoms. The third kappa shape index (κ3) is 4.50. The molecule has 4 rings (SSSR count). The first-order valence-electron chi connectivity index (χ1n) is 10.0. The molecule has 8 heteroatoms. The number of carbonyl (C=O) groups excluding carboxylic acids is 2. The van der Waals surface area contributed by atoms with Crippen molar-refractivity contribution < 1.29 is 14.0 Å². The van der Waals surface area contributed by atoms with Crippen molar-refractivity contribution >= 4 is 34.9 Å². The highest BCUT2D eigenvalue weighted by atomic mass is 35.5. The molecule has 0 saturated carbocycles. The summed E-state index contributed by atoms with van der Waals surface area (Å²) >= 11 is 6.48. The normalized spacial score (nSPS) is 17.3. The van der Waals surface area contributed by atoms with Crippen molar-refractivity contribution in [2.75, 3.05) is 49.5 Å². The zero-order valence-corrected chi connectivity index (χ0v) is 17.0. The average molecular weight is 417 g/mol. The molecule has 0 bridgehead atoms. The van der Waals surface area contributed by atoms with Crippen molar-refractivity contribution in [3.63, 3.8) is 0 Å². The Bertz CT molecular complexity index is 857. The lowest BCUT2D eigenvalue weighted by Gasteiger charge is -2.34. The van der Waals surface area contributed by atoms with Gasteiger partial charge >= 0.3 is 6.03 Å². The van der Waals surface area contributed by atoms with Gasteiger partial charge in [0, 0.05) is 45.0 Å².